The molecule has 0 saturated heterocycles. The minimum absolute atomic E-state index is 0.00953. The van der Waals surface area contributed by atoms with E-state index in [0.717, 1.165) is 30.7 Å². The Hall–Kier alpha value is -3.88. The smallest absolute Gasteiger partial charge is 0.496 e. The molecule has 2 amide bonds. The summed E-state index contributed by atoms with van der Waals surface area (Å²) in [6, 6.07) is 5.41. The van der Waals surface area contributed by atoms with E-state index in [9.17, 15) is 40.4 Å². The van der Waals surface area contributed by atoms with Crippen molar-refractivity contribution in [3.63, 3.8) is 0 Å². The molecule has 2 fully saturated rings. The number of hydrogen-bond acceptors (Lipinski definition) is 7. The number of unbranched alkanes of at least 4 members (excludes halogenated alkanes) is 2. The Labute approximate surface area is 251 Å². The summed E-state index contributed by atoms with van der Waals surface area (Å²) in [5, 5.41) is 14.1. The van der Waals surface area contributed by atoms with E-state index in [4.69, 9.17) is 14.6 Å². The molecule has 44 heavy (non-hydrogen) atoms. The lowest BCUT2D eigenvalue weighted by Crippen LogP contribution is -2.48. The molecule has 10 nitrogen and oxygen atoms in total. The summed E-state index contributed by atoms with van der Waals surface area (Å²) in [4.78, 5) is 36.4. The van der Waals surface area contributed by atoms with Gasteiger partial charge in [0.2, 0.25) is 5.91 Å². The van der Waals surface area contributed by atoms with Crippen LogP contribution in [0.4, 0.5) is 23.2 Å². The van der Waals surface area contributed by atoms with E-state index >= 15 is 0 Å². The predicted molar refractivity (Wildman–Crippen MR) is 148 cm³/mol. The third-order valence-corrected chi connectivity index (χ3v) is 9.51. The fourth-order valence-electron chi connectivity index (χ4n) is 5.93. The van der Waals surface area contributed by atoms with E-state index in [1.54, 1.807) is 0 Å². The number of aliphatic carboxylic acids is 1. The van der Waals surface area contributed by atoms with E-state index < -0.39 is 55.8 Å². The average Bonchev–Trinajstić information content (AvgIpc) is 3.56. The summed E-state index contributed by atoms with van der Waals surface area (Å²) in [5.74, 6) is -4.13. The number of benzene rings is 2. The number of alkyl halides is 3. The van der Waals surface area contributed by atoms with Crippen LogP contribution in [0.25, 0.3) is 0 Å². The van der Waals surface area contributed by atoms with Crippen LogP contribution >= 0.6 is 0 Å². The van der Waals surface area contributed by atoms with Crippen LogP contribution in [0, 0.1) is 23.6 Å². The van der Waals surface area contributed by atoms with Crippen molar-refractivity contribution in [2.24, 2.45) is 17.8 Å². The summed E-state index contributed by atoms with van der Waals surface area (Å²) in [5.41, 5.74) is -5.69. The number of ether oxygens (including phenoxy) is 2. The zero-order valence-corrected chi connectivity index (χ0v) is 24.5. The molecule has 4 rings (SSSR count). The van der Waals surface area contributed by atoms with Gasteiger partial charge in [-0.25, -0.2) is 12.8 Å². The maximum atomic E-state index is 14.7. The maximum absolute atomic E-state index is 14.7. The number of fused-ring (bicyclic) bond motifs is 2. The number of carboxylic acids is 1. The Balaban J connectivity index is 1.47. The van der Waals surface area contributed by atoms with Crippen molar-refractivity contribution in [1.29, 1.82) is 0 Å². The molecule has 0 heterocycles. The van der Waals surface area contributed by atoms with Crippen molar-refractivity contribution in [3.05, 3.63) is 47.8 Å². The van der Waals surface area contributed by atoms with Crippen molar-refractivity contribution in [1.82, 2.24) is 5.32 Å². The minimum Gasteiger partial charge on any atom is -0.496 e. The van der Waals surface area contributed by atoms with Gasteiger partial charge in [0, 0.05) is 24.2 Å². The van der Waals surface area contributed by atoms with Crippen LogP contribution < -0.4 is 20.1 Å². The number of amides is 2. The third-order valence-electron chi connectivity index (χ3n) is 8.02. The lowest BCUT2D eigenvalue weighted by molar-refractivity contribution is -0.137. The number of hydrogen-bond donors (Lipinski definition) is 3. The zero-order chi connectivity index (χ0) is 32.2. The summed E-state index contributed by atoms with van der Waals surface area (Å²) in [6.07, 6.45) is 3.52. The van der Waals surface area contributed by atoms with Crippen LogP contribution in [0.5, 0.6) is 11.5 Å². The standard InChI is InChI=1S/C29H32F4N2O8S/c1-42-22-15-21(30)23(43-11-4-2-3-8-24(36)37)14-20(22)27(38)35-26-17-10-9-16(12-17)25(26)28(39)34-18-6-5-7-19(13-18)44(40,41)29(31,32)33/h5-7,13-17,25-26H,2-4,8-12H2,1H3,(H,34,39)(H,35,38)(H,36,37)/t16-,17+,25+,26-/m1/s1. The van der Waals surface area contributed by atoms with E-state index in [-0.39, 0.29) is 47.6 Å². The van der Waals surface area contributed by atoms with E-state index in [1.807, 2.05) is 0 Å². The van der Waals surface area contributed by atoms with E-state index in [0.29, 0.717) is 32.1 Å². The molecule has 0 aromatic heterocycles. The Morgan fingerprint density at radius 2 is 1.75 bits per heavy atom. The molecule has 2 saturated carbocycles. The van der Waals surface area contributed by atoms with Crippen molar-refractivity contribution in [2.45, 2.75) is 61.4 Å². The Morgan fingerprint density at radius 3 is 2.43 bits per heavy atom. The summed E-state index contributed by atoms with van der Waals surface area (Å²) in [6.45, 7) is 0.0873. The average molecular weight is 645 g/mol. The molecule has 240 valence electrons. The second-order valence-corrected chi connectivity index (χ2v) is 12.8. The third kappa shape index (κ3) is 7.25. The first-order valence-corrected chi connectivity index (χ1v) is 15.5. The van der Waals surface area contributed by atoms with E-state index in [2.05, 4.69) is 10.6 Å². The van der Waals surface area contributed by atoms with Gasteiger partial charge in [0.25, 0.3) is 15.7 Å². The number of halogens is 4. The molecule has 0 unspecified atom stereocenters. The highest BCUT2D eigenvalue weighted by molar-refractivity contribution is 7.92. The quantitative estimate of drug-likeness (QED) is 0.205. The molecule has 2 aliphatic carbocycles. The number of carbonyl (C=O) groups is 3. The fraction of sp³-hybridized carbons (Fsp3) is 0.483. The number of rotatable bonds is 13. The van der Waals surface area contributed by atoms with Gasteiger partial charge in [0.15, 0.2) is 11.6 Å². The van der Waals surface area contributed by atoms with Crippen molar-refractivity contribution in [3.8, 4) is 11.5 Å². The lowest BCUT2D eigenvalue weighted by atomic mass is 9.83. The molecule has 2 aromatic carbocycles. The second-order valence-electron chi connectivity index (χ2n) is 10.9. The van der Waals surface area contributed by atoms with Crippen LogP contribution in [-0.4, -0.2) is 56.6 Å². The van der Waals surface area contributed by atoms with Crippen LogP contribution in [-0.2, 0) is 19.4 Å². The summed E-state index contributed by atoms with van der Waals surface area (Å²) >= 11 is 0. The minimum atomic E-state index is -5.62. The molecule has 0 radical (unpaired) electrons. The first-order valence-electron chi connectivity index (χ1n) is 14.0. The van der Waals surface area contributed by atoms with Crippen LogP contribution in [0.2, 0.25) is 0 Å². The van der Waals surface area contributed by atoms with Gasteiger partial charge in [0.1, 0.15) is 5.75 Å². The normalized spacial score (nSPS) is 21.1. The van der Waals surface area contributed by atoms with Gasteiger partial charge >= 0.3 is 11.5 Å². The molecule has 2 aliphatic rings. The van der Waals surface area contributed by atoms with Crippen LogP contribution in [0.15, 0.2) is 41.3 Å². The first-order chi connectivity index (χ1) is 20.7. The van der Waals surface area contributed by atoms with Gasteiger partial charge in [-0.2, -0.15) is 13.2 Å². The number of sulfone groups is 1. The molecule has 3 N–H and O–H groups in total. The number of carbonyl (C=O) groups excluding carboxylic acids is 2. The zero-order valence-electron chi connectivity index (χ0n) is 23.7. The molecular weight excluding hydrogens is 612 g/mol. The molecule has 2 aromatic rings. The van der Waals surface area contributed by atoms with Gasteiger partial charge in [-0.15, -0.1) is 0 Å². The largest absolute Gasteiger partial charge is 0.501 e. The van der Waals surface area contributed by atoms with Crippen molar-refractivity contribution < 1.29 is 54.9 Å². The molecule has 2 bridgehead atoms. The predicted octanol–water partition coefficient (Wildman–Crippen LogP) is 4.93. The monoisotopic (exact) mass is 644 g/mol. The number of nitrogens with one attached hydrogen (secondary N) is 2. The van der Waals surface area contributed by atoms with E-state index in [1.165, 1.54) is 19.2 Å². The summed E-state index contributed by atoms with van der Waals surface area (Å²) < 4.78 is 88.1. The van der Waals surface area contributed by atoms with Gasteiger partial charge < -0.3 is 25.2 Å². The van der Waals surface area contributed by atoms with Crippen LogP contribution in [0.1, 0.15) is 55.3 Å². The highest BCUT2D eigenvalue weighted by Crippen LogP contribution is 2.49. The molecule has 0 spiro atoms. The molecule has 4 atom stereocenters. The summed E-state index contributed by atoms with van der Waals surface area (Å²) in [7, 11) is -4.37. The van der Waals surface area contributed by atoms with Crippen LogP contribution in [0.3, 0.4) is 0 Å². The molecule has 0 aliphatic heterocycles. The van der Waals surface area contributed by atoms with Gasteiger partial charge in [-0.3, -0.25) is 14.4 Å². The molecule has 15 heteroatoms. The highest BCUT2D eigenvalue weighted by Gasteiger charge is 2.52. The van der Waals surface area contributed by atoms with Gasteiger partial charge in [0.05, 0.1) is 30.1 Å². The molecular formula is C29H32F4N2O8S. The lowest BCUT2D eigenvalue weighted by Gasteiger charge is -2.31. The Bertz CT molecular complexity index is 1520. The second kappa shape index (κ2) is 13.4. The van der Waals surface area contributed by atoms with Crippen molar-refractivity contribution in [2.75, 3.05) is 19.0 Å². The van der Waals surface area contributed by atoms with Gasteiger partial charge in [-0.05, 0) is 74.6 Å². The number of anilines is 1. The fourth-order valence-corrected chi connectivity index (χ4v) is 6.74. The Morgan fingerprint density at radius 1 is 1.02 bits per heavy atom. The number of carboxylic acid groups (broad SMARTS) is 1. The SMILES string of the molecule is COc1cc(F)c(OCCCCCC(=O)O)cc1C(=O)N[C@@H]1[C@H]2CC[C@H](C2)[C@@H]1C(=O)Nc1cccc(S(=O)(=O)C(F)(F)F)c1. The maximum Gasteiger partial charge on any atom is 0.501 e. The van der Waals surface area contributed by atoms with Crippen molar-refractivity contribution >= 4 is 33.3 Å². The topological polar surface area (TPSA) is 148 Å². The number of methoxy groups -OCH3 is 1. The Kier molecular flexibility index (Phi) is 10.1. The highest BCUT2D eigenvalue weighted by atomic mass is 32.2. The first kappa shape index (κ1) is 33.0. The van der Waals surface area contributed by atoms with Gasteiger partial charge in [-0.1, -0.05) is 6.07 Å².